The van der Waals surface area contributed by atoms with E-state index in [1.54, 1.807) is 19.2 Å². The van der Waals surface area contributed by atoms with Gasteiger partial charge in [0.15, 0.2) is 0 Å². The summed E-state index contributed by atoms with van der Waals surface area (Å²) in [5, 5.41) is 7.33. The fraction of sp³-hybridized carbons (Fsp3) is 0.400. The number of nitrogens with zero attached hydrogens (tertiary/aromatic N) is 2. The van der Waals surface area contributed by atoms with Crippen LogP contribution in [-0.2, 0) is 16.0 Å². The molecule has 1 N–H and O–H groups in total. The number of ether oxygens (including phenoxy) is 1. The lowest BCUT2D eigenvalue weighted by Gasteiger charge is -2.11. The van der Waals surface area contributed by atoms with Crippen molar-refractivity contribution in [2.45, 2.75) is 25.8 Å². The van der Waals surface area contributed by atoms with Crippen LogP contribution >= 0.6 is 11.6 Å². The molecule has 1 aromatic heterocycles. The van der Waals surface area contributed by atoms with Crippen molar-refractivity contribution >= 4 is 17.5 Å². The standard InChI is InChI=1S/C15H18ClN3O3/c1-10(9-21-2)17-13(20)6-7-14-18-15(19-22-14)11-4-3-5-12(16)8-11/h3-5,8,10H,6-7,9H2,1-2H3,(H,17,20). The highest BCUT2D eigenvalue weighted by molar-refractivity contribution is 6.30. The lowest BCUT2D eigenvalue weighted by Crippen LogP contribution is -2.35. The Balaban J connectivity index is 1.88. The Morgan fingerprint density at radius 3 is 3.05 bits per heavy atom. The van der Waals surface area contributed by atoms with Crippen LogP contribution in [0.5, 0.6) is 0 Å². The quantitative estimate of drug-likeness (QED) is 0.847. The second-order valence-electron chi connectivity index (χ2n) is 4.95. The van der Waals surface area contributed by atoms with E-state index < -0.39 is 0 Å². The van der Waals surface area contributed by atoms with Gasteiger partial charge in [0.1, 0.15) is 0 Å². The molecule has 2 rings (SSSR count). The summed E-state index contributed by atoms with van der Waals surface area (Å²) in [6, 6.07) is 7.17. The molecule has 0 spiro atoms. The number of hydrogen-bond donors (Lipinski definition) is 1. The first kappa shape index (κ1) is 16.5. The number of carbonyl (C=O) groups is 1. The van der Waals surface area contributed by atoms with Gasteiger partial charge in [0.2, 0.25) is 17.6 Å². The zero-order chi connectivity index (χ0) is 15.9. The van der Waals surface area contributed by atoms with E-state index in [9.17, 15) is 4.79 Å². The van der Waals surface area contributed by atoms with Crippen molar-refractivity contribution in [2.24, 2.45) is 0 Å². The Hall–Kier alpha value is -1.92. The van der Waals surface area contributed by atoms with Crippen molar-refractivity contribution in [2.75, 3.05) is 13.7 Å². The van der Waals surface area contributed by atoms with E-state index in [-0.39, 0.29) is 18.4 Å². The predicted octanol–water partition coefficient (Wildman–Crippen LogP) is 2.47. The van der Waals surface area contributed by atoms with Gasteiger partial charge < -0.3 is 14.6 Å². The molecule has 0 fully saturated rings. The molecular formula is C15H18ClN3O3. The van der Waals surface area contributed by atoms with Crippen LogP contribution in [0.2, 0.25) is 5.02 Å². The number of amides is 1. The van der Waals surface area contributed by atoms with E-state index in [2.05, 4.69) is 15.5 Å². The van der Waals surface area contributed by atoms with Crippen molar-refractivity contribution in [1.29, 1.82) is 0 Å². The van der Waals surface area contributed by atoms with Crippen LogP contribution in [0.25, 0.3) is 11.4 Å². The summed E-state index contributed by atoms with van der Waals surface area (Å²) in [4.78, 5) is 16.0. The first-order chi connectivity index (χ1) is 10.6. The molecule has 1 heterocycles. The van der Waals surface area contributed by atoms with Crippen molar-refractivity contribution in [1.82, 2.24) is 15.5 Å². The third kappa shape index (κ3) is 4.82. The Morgan fingerprint density at radius 2 is 2.32 bits per heavy atom. The highest BCUT2D eigenvalue weighted by atomic mass is 35.5. The fourth-order valence-corrected chi connectivity index (χ4v) is 2.15. The third-order valence-electron chi connectivity index (χ3n) is 2.94. The van der Waals surface area contributed by atoms with Crippen molar-refractivity contribution in [3.63, 3.8) is 0 Å². The third-order valence-corrected chi connectivity index (χ3v) is 3.18. The normalized spacial score (nSPS) is 12.1. The highest BCUT2D eigenvalue weighted by Gasteiger charge is 2.12. The SMILES string of the molecule is COCC(C)NC(=O)CCc1nc(-c2cccc(Cl)c2)no1. The second-order valence-corrected chi connectivity index (χ2v) is 5.38. The number of methoxy groups -OCH3 is 1. The van der Waals surface area contributed by atoms with Gasteiger partial charge in [0.25, 0.3) is 0 Å². The largest absolute Gasteiger partial charge is 0.383 e. The monoisotopic (exact) mass is 323 g/mol. The molecule has 7 heteroatoms. The molecule has 0 bridgehead atoms. The van der Waals surface area contributed by atoms with Gasteiger partial charge >= 0.3 is 0 Å². The number of nitrogens with one attached hydrogen (secondary N) is 1. The maximum absolute atomic E-state index is 11.7. The minimum atomic E-state index is -0.0768. The molecule has 2 aromatic rings. The summed E-state index contributed by atoms with van der Waals surface area (Å²) in [6.07, 6.45) is 0.671. The van der Waals surface area contributed by atoms with Crippen LogP contribution in [0.15, 0.2) is 28.8 Å². The Morgan fingerprint density at radius 1 is 1.50 bits per heavy atom. The minimum Gasteiger partial charge on any atom is -0.383 e. The summed E-state index contributed by atoms with van der Waals surface area (Å²) >= 11 is 5.93. The summed E-state index contributed by atoms with van der Waals surface area (Å²) in [7, 11) is 1.60. The zero-order valence-electron chi connectivity index (χ0n) is 12.5. The lowest BCUT2D eigenvalue weighted by atomic mass is 10.2. The van der Waals surface area contributed by atoms with E-state index in [1.165, 1.54) is 0 Å². The fourth-order valence-electron chi connectivity index (χ4n) is 1.96. The van der Waals surface area contributed by atoms with Crippen LogP contribution in [0.1, 0.15) is 19.2 Å². The van der Waals surface area contributed by atoms with Crippen LogP contribution in [0, 0.1) is 0 Å². The van der Waals surface area contributed by atoms with E-state index in [1.807, 2.05) is 19.1 Å². The predicted molar refractivity (Wildman–Crippen MR) is 82.5 cm³/mol. The van der Waals surface area contributed by atoms with Crippen molar-refractivity contribution < 1.29 is 14.1 Å². The van der Waals surface area contributed by atoms with Gasteiger partial charge in [-0.25, -0.2) is 0 Å². The molecule has 0 radical (unpaired) electrons. The first-order valence-electron chi connectivity index (χ1n) is 6.95. The van der Waals surface area contributed by atoms with Gasteiger partial charge in [0, 0.05) is 36.6 Å². The molecular weight excluding hydrogens is 306 g/mol. The first-order valence-corrected chi connectivity index (χ1v) is 7.33. The molecule has 0 aliphatic rings. The highest BCUT2D eigenvalue weighted by Crippen LogP contribution is 2.20. The smallest absolute Gasteiger partial charge is 0.227 e. The van der Waals surface area contributed by atoms with E-state index >= 15 is 0 Å². The van der Waals surface area contributed by atoms with E-state index in [4.69, 9.17) is 20.9 Å². The molecule has 1 amide bonds. The number of rotatable bonds is 7. The van der Waals surface area contributed by atoms with Crippen LogP contribution in [0.3, 0.4) is 0 Å². The van der Waals surface area contributed by atoms with Gasteiger partial charge in [-0.2, -0.15) is 4.98 Å². The summed E-state index contributed by atoms with van der Waals surface area (Å²) < 4.78 is 10.1. The summed E-state index contributed by atoms with van der Waals surface area (Å²) in [5.41, 5.74) is 0.778. The molecule has 22 heavy (non-hydrogen) atoms. The van der Waals surface area contributed by atoms with Gasteiger partial charge in [0.05, 0.1) is 6.61 Å². The molecule has 0 aliphatic heterocycles. The second kappa shape index (κ2) is 7.91. The topological polar surface area (TPSA) is 77.2 Å². The number of hydrogen-bond acceptors (Lipinski definition) is 5. The van der Waals surface area contributed by atoms with E-state index in [0.717, 1.165) is 5.56 Å². The Bertz CT molecular complexity index is 630. The van der Waals surface area contributed by atoms with Crippen molar-refractivity contribution in [3.05, 3.63) is 35.2 Å². The molecule has 0 saturated heterocycles. The van der Waals surface area contributed by atoms with Crippen LogP contribution < -0.4 is 5.32 Å². The summed E-state index contributed by atoms with van der Waals surface area (Å²) in [6.45, 7) is 2.36. The number of halogens is 1. The van der Waals surface area contributed by atoms with Gasteiger partial charge in [-0.15, -0.1) is 0 Å². The minimum absolute atomic E-state index is 0.0257. The molecule has 1 aromatic carbocycles. The van der Waals surface area contributed by atoms with E-state index in [0.29, 0.717) is 29.8 Å². The molecule has 1 unspecified atom stereocenters. The van der Waals surface area contributed by atoms with Crippen LogP contribution in [-0.4, -0.2) is 35.8 Å². The number of benzene rings is 1. The average Bonchev–Trinajstić information content (AvgIpc) is 2.94. The lowest BCUT2D eigenvalue weighted by molar-refractivity contribution is -0.122. The molecule has 1 atom stereocenters. The maximum Gasteiger partial charge on any atom is 0.227 e. The molecule has 6 nitrogen and oxygen atoms in total. The van der Waals surface area contributed by atoms with Gasteiger partial charge in [-0.05, 0) is 19.1 Å². The Labute approximate surface area is 133 Å². The Kier molecular flexibility index (Phi) is 5.91. The van der Waals surface area contributed by atoms with Crippen LogP contribution in [0.4, 0.5) is 0 Å². The number of aromatic nitrogens is 2. The number of aryl methyl sites for hydroxylation is 1. The zero-order valence-corrected chi connectivity index (χ0v) is 13.3. The van der Waals surface area contributed by atoms with Crippen molar-refractivity contribution in [3.8, 4) is 11.4 Å². The molecule has 0 aliphatic carbocycles. The average molecular weight is 324 g/mol. The molecule has 118 valence electrons. The van der Waals surface area contributed by atoms with Gasteiger partial charge in [-0.3, -0.25) is 4.79 Å². The molecule has 0 saturated carbocycles. The summed E-state index contributed by atoms with van der Waals surface area (Å²) in [5.74, 6) is 0.808. The van der Waals surface area contributed by atoms with Gasteiger partial charge in [-0.1, -0.05) is 28.9 Å². The number of carbonyl (C=O) groups excluding carboxylic acids is 1. The maximum atomic E-state index is 11.7.